The SMILES string of the molecule is O=C1CC[C@@H]2C[C@]3(c4ccccc4)C[C@H]1[C@@]2(N1CCOCC1)CC3=O. The quantitative estimate of drug-likeness (QED) is 0.830. The fourth-order valence-corrected chi connectivity index (χ4v) is 6.37. The summed E-state index contributed by atoms with van der Waals surface area (Å²) in [5.41, 5.74) is 0.466. The topological polar surface area (TPSA) is 46.6 Å². The molecule has 4 bridgehead atoms. The lowest BCUT2D eigenvalue weighted by Crippen LogP contribution is -2.74. The molecule has 1 aliphatic heterocycles. The average molecular weight is 339 g/mol. The molecule has 0 radical (unpaired) electrons. The molecule has 4 nitrogen and oxygen atoms in total. The molecule has 25 heavy (non-hydrogen) atoms. The van der Waals surface area contributed by atoms with Gasteiger partial charge in [-0.1, -0.05) is 30.3 Å². The van der Waals surface area contributed by atoms with Crippen LogP contribution in [0.1, 0.15) is 37.7 Å². The second-order valence-corrected chi connectivity index (χ2v) is 8.30. The Balaban J connectivity index is 1.61. The largest absolute Gasteiger partial charge is 0.379 e. The van der Waals surface area contributed by atoms with Gasteiger partial charge in [0.15, 0.2) is 0 Å². The van der Waals surface area contributed by atoms with Gasteiger partial charge in [-0.05, 0) is 30.7 Å². The number of benzene rings is 1. The predicted octanol–water partition coefficient (Wildman–Crippen LogP) is 2.36. The number of hydrogen-bond acceptors (Lipinski definition) is 4. The summed E-state index contributed by atoms with van der Waals surface area (Å²) in [4.78, 5) is 28.8. The Labute approximate surface area is 148 Å². The van der Waals surface area contributed by atoms with Crippen molar-refractivity contribution in [3.8, 4) is 0 Å². The van der Waals surface area contributed by atoms with Crippen molar-refractivity contribution in [2.24, 2.45) is 11.8 Å². The highest BCUT2D eigenvalue weighted by Gasteiger charge is 2.68. The third-order valence-electron chi connectivity index (χ3n) is 7.49. The van der Waals surface area contributed by atoms with Gasteiger partial charge in [-0.25, -0.2) is 0 Å². The lowest BCUT2D eigenvalue weighted by molar-refractivity contribution is -0.178. The van der Waals surface area contributed by atoms with E-state index >= 15 is 0 Å². The van der Waals surface area contributed by atoms with Crippen molar-refractivity contribution >= 4 is 11.6 Å². The Hall–Kier alpha value is -1.52. The van der Waals surface area contributed by atoms with Crippen molar-refractivity contribution in [1.82, 2.24) is 4.90 Å². The molecule has 4 heteroatoms. The van der Waals surface area contributed by atoms with E-state index in [-0.39, 0.29) is 11.5 Å². The molecule has 4 saturated carbocycles. The highest BCUT2D eigenvalue weighted by Crippen LogP contribution is 2.62. The van der Waals surface area contributed by atoms with Crippen LogP contribution in [0.15, 0.2) is 30.3 Å². The summed E-state index contributed by atoms with van der Waals surface area (Å²) in [7, 11) is 0. The van der Waals surface area contributed by atoms with Crippen LogP contribution in [0.25, 0.3) is 0 Å². The number of carbonyl (C=O) groups is 2. The minimum absolute atomic E-state index is 0.0102. The van der Waals surface area contributed by atoms with Crippen molar-refractivity contribution in [3.05, 3.63) is 35.9 Å². The summed E-state index contributed by atoms with van der Waals surface area (Å²) in [6.07, 6.45) is 3.80. The first kappa shape index (κ1) is 15.7. The summed E-state index contributed by atoms with van der Waals surface area (Å²) in [5, 5.41) is 0. The highest BCUT2D eigenvalue weighted by molar-refractivity contribution is 5.97. The Bertz CT molecular complexity index is 711. The van der Waals surface area contributed by atoms with Gasteiger partial charge in [-0.2, -0.15) is 0 Å². The fourth-order valence-electron chi connectivity index (χ4n) is 6.37. The van der Waals surface area contributed by atoms with Crippen molar-refractivity contribution in [3.63, 3.8) is 0 Å². The molecule has 5 aliphatic rings. The third kappa shape index (κ3) is 2.01. The molecule has 1 aromatic rings. The maximum Gasteiger partial charge on any atom is 0.145 e. The first-order valence-electron chi connectivity index (χ1n) is 9.61. The number of Topliss-reactive ketones (excluding diaryl/α,β-unsaturated/α-hetero) is 2. The zero-order valence-electron chi connectivity index (χ0n) is 14.6. The number of rotatable bonds is 2. The monoisotopic (exact) mass is 339 g/mol. The Morgan fingerprint density at radius 1 is 1.04 bits per heavy atom. The molecule has 4 aliphatic carbocycles. The lowest BCUT2D eigenvalue weighted by atomic mass is 9.42. The number of hydrogen-bond donors (Lipinski definition) is 0. The van der Waals surface area contributed by atoms with E-state index in [2.05, 4.69) is 17.0 Å². The summed E-state index contributed by atoms with van der Waals surface area (Å²) in [6, 6.07) is 10.2. The minimum atomic E-state index is -0.430. The molecular formula is C21H25NO3. The van der Waals surface area contributed by atoms with E-state index in [4.69, 9.17) is 4.74 Å². The number of fused-ring (bicyclic) bond motifs is 1. The molecule has 0 unspecified atom stereocenters. The summed E-state index contributed by atoms with van der Waals surface area (Å²) in [5.74, 6) is 1.19. The summed E-state index contributed by atoms with van der Waals surface area (Å²) >= 11 is 0. The summed E-state index contributed by atoms with van der Waals surface area (Å²) < 4.78 is 5.55. The van der Waals surface area contributed by atoms with Crippen LogP contribution in [0.4, 0.5) is 0 Å². The van der Waals surface area contributed by atoms with Gasteiger partial charge >= 0.3 is 0 Å². The maximum absolute atomic E-state index is 13.4. The van der Waals surface area contributed by atoms with E-state index < -0.39 is 5.41 Å². The number of ether oxygens (including phenoxy) is 1. The van der Waals surface area contributed by atoms with Gasteiger partial charge in [0.05, 0.1) is 18.6 Å². The van der Waals surface area contributed by atoms with Gasteiger partial charge in [0.2, 0.25) is 0 Å². The first-order chi connectivity index (χ1) is 12.2. The van der Waals surface area contributed by atoms with Gasteiger partial charge in [-0.15, -0.1) is 0 Å². The predicted molar refractivity (Wildman–Crippen MR) is 93.3 cm³/mol. The second kappa shape index (κ2) is 5.49. The molecule has 4 atom stereocenters. The second-order valence-electron chi connectivity index (χ2n) is 8.30. The number of carbonyl (C=O) groups excluding carboxylic acids is 2. The molecule has 132 valence electrons. The van der Waals surface area contributed by atoms with E-state index in [1.807, 2.05) is 18.2 Å². The Kier molecular flexibility index (Phi) is 3.45. The first-order valence-corrected chi connectivity index (χ1v) is 9.61. The third-order valence-corrected chi connectivity index (χ3v) is 7.49. The molecule has 0 N–H and O–H groups in total. The molecule has 6 rings (SSSR count). The Morgan fingerprint density at radius 2 is 1.80 bits per heavy atom. The van der Waals surface area contributed by atoms with Crippen molar-refractivity contribution in [2.75, 3.05) is 26.3 Å². The van der Waals surface area contributed by atoms with E-state index in [9.17, 15) is 9.59 Å². The van der Waals surface area contributed by atoms with Gasteiger partial charge < -0.3 is 4.74 Å². The molecule has 1 saturated heterocycles. The zero-order chi connectivity index (χ0) is 17.1. The molecule has 0 spiro atoms. The van der Waals surface area contributed by atoms with Gasteiger partial charge in [0.1, 0.15) is 11.6 Å². The number of morpholine rings is 1. The fraction of sp³-hybridized carbons (Fsp3) is 0.619. The van der Waals surface area contributed by atoms with Crippen LogP contribution in [0, 0.1) is 11.8 Å². The number of ketones is 2. The minimum Gasteiger partial charge on any atom is -0.379 e. The van der Waals surface area contributed by atoms with E-state index in [1.54, 1.807) is 0 Å². The van der Waals surface area contributed by atoms with E-state index in [0.717, 1.165) is 31.5 Å². The van der Waals surface area contributed by atoms with Crippen LogP contribution in [0.2, 0.25) is 0 Å². The van der Waals surface area contributed by atoms with Crippen LogP contribution in [0.5, 0.6) is 0 Å². The van der Waals surface area contributed by atoms with Crippen LogP contribution in [0.3, 0.4) is 0 Å². The van der Waals surface area contributed by atoms with Crippen LogP contribution in [-0.4, -0.2) is 48.3 Å². The lowest BCUT2D eigenvalue weighted by Gasteiger charge is -2.66. The standard InChI is InChI=1S/C21H25NO3/c23-18-7-6-16-12-20(15-4-2-1-3-5-15)13-17(18)21(16,14-19(20)24)22-8-10-25-11-9-22/h1-5,16-17H,6-14H2/t16-,17-,20-,21-/m1/s1. The van der Waals surface area contributed by atoms with Crippen LogP contribution < -0.4 is 0 Å². The number of nitrogens with zero attached hydrogens (tertiary/aromatic N) is 1. The van der Waals surface area contributed by atoms with Crippen LogP contribution >= 0.6 is 0 Å². The van der Waals surface area contributed by atoms with Crippen molar-refractivity contribution < 1.29 is 14.3 Å². The van der Waals surface area contributed by atoms with Crippen molar-refractivity contribution in [1.29, 1.82) is 0 Å². The molecule has 5 fully saturated rings. The highest BCUT2D eigenvalue weighted by atomic mass is 16.5. The maximum atomic E-state index is 13.4. The van der Waals surface area contributed by atoms with Crippen molar-refractivity contribution in [2.45, 2.75) is 43.1 Å². The average Bonchev–Trinajstić information content (AvgIpc) is 2.66. The Morgan fingerprint density at radius 3 is 2.56 bits per heavy atom. The molecule has 1 heterocycles. The molecule has 0 amide bonds. The van der Waals surface area contributed by atoms with Gasteiger partial charge in [0.25, 0.3) is 0 Å². The van der Waals surface area contributed by atoms with Gasteiger partial charge in [0, 0.05) is 37.4 Å². The summed E-state index contributed by atoms with van der Waals surface area (Å²) in [6.45, 7) is 3.14. The molecule has 1 aromatic carbocycles. The van der Waals surface area contributed by atoms with E-state index in [0.29, 0.717) is 50.0 Å². The van der Waals surface area contributed by atoms with Crippen LogP contribution in [-0.2, 0) is 19.7 Å². The molecule has 0 aromatic heterocycles. The zero-order valence-corrected chi connectivity index (χ0v) is 14.6. The van der Waals surface area contributed by atoms with E-state index in [1.165, 1.54) is 0 Å². The normalized spacial score (nSPS) is 41.1. The molecular weight excluding hydrogens is 314 g/mol. The van der Waals surface area contributed by atoms with Gasteiger partial charge in [-0.3, -0.25) is 14.5 Å². The smallest absolute Gasteiger partial charge is 0.145 e.